The van der Waals surface area contributed by atoms with Crippen LogP contribution >= 0.6 is 8.51 Å². The van der Waals surface area contributed by atoms with Gasteiger partial charge in [-0.25, -0.2) is 0 Å². The maximum absolute atomic E-state index is 9.00. The molecule has 6 rings (SSSR count). The van der Waals surface area contributed by atoms with Crippen LogP contribution in [-0.2, 0) is 15.6 Å². The summed E-state index contributed by atoms with van der Waals surface area (Å²) in [5, 5.41) is 0. The van der Waals surface area contributed by atoms with Crippen molar-refractivity contribution in [2.75, 3.05) is 0 Å². The van der Waals surface area contributed by atoms with Gasteiger partial charge in [0.15, 0.2) is 0 Å². The van der Waals surface area contributed by atoms with E-state index < -0.39 is 15.6 Å². The molecule has 0 nitrogen and oxygen atoms in total. The van der Waals surface area contributed by atoms with Gasteiger partial charge in [0.25, 0.3) is 0 Å². The van der Waals surface area contributed by atoms with Gasteiger partial charge in [-0.15, -0.1) is 0 Å². The summed E-state index contributed by atoms with van der Waals surface area (Å²) < 4.78 is 5.17. The van der Waals surface area contributed by atoms with Gasteiger partial charge < -0.3 is 0 Å². The molecule has 0 amide bonds. The number of hydrogen-bond acceptors (Lipinski definition) is 0. The Kier molecular flexibility index (Phi) is 4.80. The van der Waals surface area contributed by atoms with Gasteiger partial charge in [0, 0.05) is 0 Å². The quantitative estimate of drug-likeness (QED) is 0.254. The average molecular weight is 539 g/mol. The summed E-state index contributed by atoms with van der Waals surface area (Å²) in [6.45, 7) is 2.23. The van der Waals surface area contributed by atoms with Crippen molar-refractivity contribution in [1.29, 1.82) is 0 Å². The van der Waals surface area contributed by atoms with Crippen LogP contribution in [0, 0.1) is 0 Å². The van der Waals surface area contributed by atoms with E-state index in [1.165, 1.54) is 28.8 Å². The van der Waals surface area contributed by atoms with E-state index in [9.17, 15) is 0 Å². The second-order valence-corrected chi connectivity index (χ2v) is 33.3. The van der Waals surface area contributed by atoms with Gasteiger partial charge in [0.1, 0.15) is 0 Å². The molecule has 0 heterocycles. The summed E-state index contributed by atoms with van der Waals surface area (Å²) in [7, 11) is 9.00. The molecule has 2 atom stereocenters. The monoisotopic (exact) mass is 537 g/mol. The first-order valence-electron chi connectivity index (χ1n) is 12.1. The number of benzene rings is 4. The second-order valence-electron chi connectivity index (χ2n) is 9.96. The molecule has 0 saturated carbocycles. The van der Waals surface area contributed by atoms with Crippen molar-refractivity contribution in [2.24, 2.45) is 0 Å². The Balaban J connectivity index is 1.89. The molecule has 2 aliphatic rings. The molecule has 0 radical (unpaired) electrons. The van der Waals surface area contributed by atoms with Crippen LogP contribution in [0.1, 0.15) is 36.4 Å². The van der Waals surface area contributed by atoms with Crippen LogP contribution < -0.4 is 6.54 Å². The van der Waals surface area contributed by atoms with E-state index >= 15 is 0 Å². The van der Waals surface area contributed by atoms with Gasteiger partial charge >= 0.3 is 204 Å². The van der Waals surface area contributed by atoms with Crippen LogP contribution in [0.25, 0.3) is 12.2 Å². The van der Waals surface area contributed by atoms with E-state index in [2.05, 4.69) is 144 Å². The van der Waals surface area contributed by atoms with Gasteiger partial charge in [-0.2, -0.15) is 0 Å². The number of hydrogen-bond donors (Lipinski definition) is 0. The maximum atomic E-state index is 9.00. The third-order valence-corrected chi connectivity index (χ3v) is 38.5. The first-order chi connectivity index (χ1) is 16.6. The van der Waals surface area contributed by atoms with Gasteiger partial charge in [-0.05, 0) is 0 Å². The SMILES string of the molecule is C[CH]=[Zr]([Cl])([c]1ccccc1)([c]1ccccc1)([CH]1C=Cc2ccccc21)[CH]1C=Cc2ccccc21. The normalized spacial score (nSPS) is 20.3. The van der Waals surface area contributed by atoms with Gasteiger partial charge in [0.2, 0.25) is 0 Å². The molecule has 34 heavy (non-hydrogen) atoms. The number of halogens is 1. The van der Waals surface area contributed by atoms with Crippen LogP contribution in [0.4, 0.5) is 0 Å². The van der Waals surface area contributed by atoms with Crippen molar-refractivity contribution in [3.63, 3.8) is 0 Å². The summed E-state index contributed by atoms with van der Waals surface area (Å²) in [5.74, 6) is 0. The van der Waals surface area contributed by atoms with Crippen molar-refractivity contribution < 1.29 is 15.6 Å². The summed E-state index contributed by atoms with van der Waals surface area (Å²) in [5.41, 5.74) is 5.21. The van der Waals surface area contributed by atoms with Crippen LogP contribution in [-0.4, -0.2) is 3.71 Å². The zero-order valence-electron chi connectivity index (χ0n) is 19.3. The van der Waals surface area contributed by atoms with E-state index in [0.29, 0.717) is 0 Å². The van der Waals surface area contributed by atoms with Crippen molar-refractivity contribution in [3.05, 3.63) is 144 Å². The topological polar surface area (TPSA) is 0 Å². The third kappa shape index (κ3) is 2.45. The molecular formula is C32H28ClZr. The summed E-state index contributed by atoms with van der Waals surface area (Å²) in [4.78, 5) is 0. The Labute approximate surface area is 203 Å². The minimum absolute atomic E-state index is 0.0645. The molecule has 0 N–H and O–H groups in total. The molecule has 0 fully saturated rings. The molecule has 0 spiro atoms. The molecule has 0 bridgehead atoms. The fraction of sp³-hybridized carbons (Fsp3) is 0.0938. The van der Waals surface area contributed by atoms with Crippen LogP contribution in [0.3, 0.4) is 0 Å². The molecule has 2 unspecified atom stereocenters. The van der Waals surface area contributed by atoms with E-state index in [1.807, 2.05) is 0 Å². The molecule has 4 aromatic rings. The number of rotatable bonds is 4. The molecule has 167 valence electrons. The first-order valence-corrected chi connectivity index (χ1v) is 22.0. The second kappa shape index (κ2) is 7.45. The summed E-state index contributed by atoms with van der Waals surface area (Å²) in [6, 6.07) is 39.6. The molecule has 0 saturated heterocycles. The van der Waals surface area contributed by atoms with E-state index in [4.69, 9.17) is 8.51 Å². The summed E-state index contributed by atoms with van der Waals surface area (Å²) >= 11 is -5.54. The Hall–Kier alpha value is -2.60. The van der Waals surface area contributed by atoms with Crippen LogP contribution in [0.15, 0.2) is 121 Å². The Morgan fingerprint density at radius 3 is 1.35 bits per heavy atom. The fourth-order valence-electron chi connectivity index (χ4n) is 7.29. The zero-order valence-corrected chi connectivity index (χ0v) is 22.5. The Morgan fingerprint density at radius 2 is 0.941 bits per heavy atom. The van der Waals surface area contributed by atoms with E-state index in [-0.39, 0.29) is 7.25 Å². The average Bonchev–Trinajstić information content (AvgIpc) is 3.56. The molecule has 2 aliphatic carbocycles. The van der Waals surface area contributed by atoms with Crippen molar-refractivity contribution in [1.82, 2.24) is 0 Å². The van der Waals surface area contributed by atoms with E-state index in [1.54, 1.807) is 0 Å². The third-order valence-electron chi connectivity index (χ3n) is 8.96. The molecule has 4 aromatic carbocycles. The van der Waals surface area contributed by atoms with Gasteiger partial charge in [-0.3, -0.25) is 0 Å². The standard InChI is InChI=1S/2C9H7.2C6H5.C2H4.ClH.Zr/c2*1-2-5-9-7-3-6-8(9)4-1;2*1-2-4-6-5-3-1;1-2;;/h2*1-7H;2*1-5H;1H,2H3;1H;/q;;;;;;+1/p-1. The minimum atomic E-state index is -5.54. The van der Waals surface area contributed by atoms with E-state index in [0.717, 1.165) is 0 Å². The van der Waals surface area contributed by atoms with Crippen molar-refractivity contribution in [2.45, 2.75) is 14.2 Å². The molecule has 0 aromatic heterocycles. The van der Waals surface area contributed by atoms with Crippen LogP contribution in [0.5, 0.6) is 0 Å². The zero-order chi connectivity index (χ0) is 23.3. The van der Waals surface area contributed by atoms with Gasteiger partial charge in [0.05, 0.1) is 0 Å². The van der Waals surface area contributed by atoms with Crippen LogP contribution in [0.2, 0.25) is 0 Å². The Morgan fingerprint density at radius 1 is 0.559 bits per heavy atom. The fourth-order valence-corrected chi connectivity index (χ4v) is 33.0. The molecule has 0 aliphatic heterocycles. The molecular weight excluding hydrogens is 511 g/mol. The number of fused-ring (bicyclic) bond motifs is 2. The Bertz CT molecular complexity index is 1440. The number of allylic oxidation sites excluding steroid dienone is 2. The molecule has 2 heteroatoms. The predicted octanol–water partition coefficient (Wildman–Crippen LogP) is 7.37. The first kappa shape index (κ1) is 21.9. The predicted molar refractivity (Wildman–Crippen MR) is 146 cm³/mol. The van der Waals surface area contributed by atoms with Crippen molar-refractivity contribution in [3.8, 4) is 0 Å². The van der Waals surface area contributed by atoms with Gasteiger partial charge in [-0.1, -0.05) is 0 Å². The van der Waals surface area contributed by atoms with Crippen molar-refractivity contribution >= 4 is 30.9 Å². The summed E-state index contributed by atoms with van der Waals surface area (Å²) in [6.07, 6.45) is 9.39.